The van der Waals surface area contributed by atoms with Crippen molar-refractivity contribution in [2.24, 2.45) is 0 Å². The van der Waals surface area contributed by atoms with E-state index in [1.807, 2.05) is 34.6 Å². The zero-order chi connectivity index (χ0) is 13.0. The molecule has 94 valence electrons. The van der Waals surface area contributed by atoms with Crippen LogP contribution in [0.3, 0.4) is 0 Å². The summed E-state index contributed by atoms with van der Waals surface area (Å²) in [6, 6.07) is 0. The maximum Gasteiger partial charge on any atom is 0.333 e. The average Bonchev–Trinajstić information content (AvgIpc) is 2.13. The number of ether oxygens (including phenoxy) is 1. The first kappa shape index (κ1) is 15.1. The number of hydrogen-bond acceptors (Lipinski definition) is 4. The van der Waals surface area contributed by atoms with Gasteiger partial charge in [-0.25, -0.2) is 10.2 Å². The Balaban J connectivity index is 4.62. The topological polar surface area (TPSA) is 50.4 Å². The summed E-state index contributed by atoms with van der Waals surface area (Å²) in [6.07, 6.45) is 0. The van der Waals surface area contributed by atoms with Gasteiger partial charge in [-0.1, -0.05) is 13.5 Å². The Morgan fingerprint density at radius 1 is 1.31 bits per heavy atom. The zero-order valence-corrected chi connectivity index (χ0v) is 11.2. The van der Waals surface area contributed by atoms with Gasteiger partial charge in [-0.15, -0.1) is 0 Å². The minimum atomic E-state index is -0.634. The Labute approximate surface area is 98.4 Å². The van der Waals surface area contributed by atoms with Crippen LogP contribution in [0.2, 0.25) is 0 Å². The molecule has 0 unspecified atom stereocenters. The van der Waals surface area contributed by atoms with Crippen LogP contribution in [0.4, 0.5) is 0 Å². The molecule has 0 radical (unpaired) electrons. The standard InChI is InChI=1S/C12H24N2O2/c1-8-13-14-11(4,5)12(6,7)16-10(15)9(2)3/h13-14H,2,8H2,1,3-7H3. The molecule has 0 bridgehead atoms. The molecule has 0 aromatic heterocycles. The number of rotatable bonds is 6. The third-order valence-electron chi connectivity index (χ3n) is 2.78. The Morgan fingerprint density at radius 3 is 2.19 bits per heavy atom. The van der Waals surface area contributed by atoms with Crippen LogP contribution in [-0.2, 0) is 9.53 Å². The third-order valence-corrected chi connectivity index (χ3v) is 2.78. The number of hydrogen-bond donors (Lipinski definition) is 2. The summed E-state index contributed by atoms with van der Waals surface area (Å²) in [5.74, 6) is -0.364. The predicted octanol–water partition coefficient (Wildman–Crippen LogP) is 1.78. The van der Waals surface area contributed by atoms with Gasteiger partial charge >= 0.3 is 5.97 Å². The number of nitrogens with one attached hydrogen (secondary N) is 2. The van der Waals surface area contributed by atoms with E-state index in [1.54, 1.807) is 6.92 Å². The van der Waals surface area contributed by atoms with E-state index in [-0.39, 0.29) is 11.5 Å². The highest BCUT2D eigenvalue weighted by atomic mass is 16.6. The second kappa shape index (κ2) is 5.46. The zero-order valence-electron chi connectivity index (χ0n) is 11.2. The van der Waals surface area contributed by atoms with E-state index in [2.05, 4.69) is 17.4 Å². The molecule has 4 heteroatoms. The third kappa shape index (κ3) is 3.94. The molecule has 0 saturated heterocycles. The van der Waals surface area contributed by atoms with Gasteiger partial charge in [0.2, 0.25) is 0 Å². The molecule has 0 aromatic rings. The maximum absolute atomic E-state index is 11.5. The summed E-state index contributed by atoms with van der Waals surface area (Å²) < 4.78 is 5.42. The van der Waals surface area contributed by atoms with Crippen LogP contribution >= 0.6 is 0 Å². The van der Waals surface area contributed by atoms with Crippen molar-refractivity contribution in [2.45, 2.75) is 52.7 Å². The predicted molar refractivity (Wildman–Crippen MR) is 65.9 cm³/mol. The van der Waals surface area contributed by atoms with Gasteiger partial charge in [-0.3, -0.25) is 5.43 Å². The minimum Gasteiger partial charge on any atom is -0.454 e. The molecule has 0 aliphatic heterocycles. The summed E-state index contributed by atoms with van der Waals surface area (Å²) in [5.41, 5.74) is 5.56. The fraction of sp³-hybridized carbons (Fsp3) is 0.750. The molecule has 0 saturated carbocycles. The average molecular weight is 228 g/mol. The number of carbonyl (C=O) groups excluding carboxylic acids is 1. The lowest BCUT2D eigenvalue weighted by Gasteiger charge is -2.41. The molecule has 2 N–H and O–H groups in total. The quantitative estimate of drug-likeness (QED) is 0.413. The molecule has 16 heavy (non-hydrogen) atoms. The van der Waals surface area contributed by atoms with Crippen LogP contribution in [0, 0.1) is 0 Å². The first-order chi connectivity index (χ1) is 7.14. The number of esters is 1. The van der Waals surface area contributed by atoms with Crippen molar-refractivity contribution in [1.82, 2.24) is 10.9 Å². The fourth-order valence-corrected chi connectivity index (χ4v) is 0.906. The van der Waals surface area contributed by atoms with Gasteiger partial charge in [0.05, 0.1) is 5.54 Å². The highest BCUT2D eigenvalue weighted by Gasteiger charge is 2.40. The summed E-state index contributed by atoms with van der Waals surface area (Å²) >= 11 is 0. The lowest BCUT2D eigenvalue weighted by molar-refractivity contribution is -0.159. The first-order valence-corrected chi connectivity index (χ1v) is 5.53. The SMILES string of the molecule is C=C(C)C(=O)OC(C)(C)C(C)(C)NNCC. The molecule has 0 aliphatic rings. The highest BCUT2D eigenvalue weighted by molar-refractivity contribution is 5.87. The van der Waals surface area contributed by atoms with E-state index in [4.69, 9.17) is 4.74 Å². The van der Waals surface area contributed by atoms with Crippen LogP contribution in [-0.4, -0.2) is 23.7 Å². The van der Waals surface area contributed by atoms with E-state index in [0.717, 1.165) is 6.54 Å². The summed E-state index contributed by atoms with van der Waals surface area (Å²) in [7, 11) is 0. The van der Waals surface area contributed by atoms with Gasteiger partial charge in [-0.2, -0.15) is 0 Å². The molecule has 0 aromatic carbocycles. The van der Waals surface area contributed by atoms with E-state index < -0.39 is 5.60 Å². The largest absolute Gasteiger partial charge is 0.454 e. The Bertz CT molecular complexity index is 270. The van der Waals surface area contributed by atoms with Crippen molar-refractivity contribution in [2.75, 3.05) is 6.54 Å². The second-order valence-electron chi connectivity index (χ2n) is 4.96. The molecule has 0 atom stereocenters. The van der Waals surface area contributed by atoms with Gasteiger partial charge in [0.25, 0.3) is 0 Å². The lowest BCUT2D eigenvalue weighted by atomic mass is 9.86. The van der Waals surface area contributed by atoms with Gasteiger partial charge in [0.1, 0.15) is 5.60 Å². The Hall–Kier alpha value is -0.870. The van der Waals surface area contributed by atoms with Gasteiger partial charge in [0.15, 0.2) is 0 Å². The van der Waals surface area contributed by atoms with Crippen molar-refractivity contribution >= 4 is 5.97 Å². The van der Waals surface area contributed by atoms with Gasteiger partial charge in [0, 0.05) is 12.1 Å². The fourth-order valence-electron chi connectivity index (χ4n) is 0.906. The molecule has 0 aliphatic carbocycles. The van der Waals surface area contributed by atoms with E-state index >= 15 is 0 Å². The van der Waals surface area contributed by atoms with Gasteiger partial charge in [-0.05, 0) is 34.6 Å². The monoisotopic (exact) mass is 228 g/mol. The first-order valence-electron chi connectivity index (χ1n) is 5.53. The van der Waals surface area contributed by atoms with Crippen LogP contribution in [0.5, 0.6) is 0 Å². The van der Waals surface area contributed by atoms with Crippen LogP contribution < -0.4 is 10.9 Å². The Morgan fingerprint density at radius 2 is 1.81 bits per heavy atom. The maximum atomic E-state index is 11.5. The van der Waals surface area contributed by atoms with Crippen molar-refractivity contribution in [3.63, 3.8) is 0 Å². The summed E-state index contributed by atoms with van der Waals surface area (Å²) in [4.78, 5) is 11.5. The van der Waals surface area contributed by atoms with Crippen LogP contribution in [0.1, 0.15) is 41.5 Å². The molecule has 0 amide bonds. The van der Waals surface area contributed by atoms with Crippen molar-refractivity contribution in [3.8, 4) is 0 Å². The van der Waals surface area contributed by atoms with Crippen molar-refractivity contribution in [3.05, 3.63) is 12.2 Å². The van der Waals surface area contributed by atoms with E-state index in [1.165, 1.54) is 0 Å². The second-order valence-corrected chi connectivity index (χ2v) is 4.96. The number of hydrazine groups is 1. The summed E-state index contributed by atoms with van der Waals surface area (Å²) in [6.45, 7) is 15.7. The van der Waals surface area contributed by atoms with Crippen LogP contribution in [0.15, 0.2) is 12.2 Å². The molecule has 0 heterocycles. The Kier molecular flexibility index (Phi) is 5.16. The van der Waals surface area contributed by atoms with Crippen LogP contribution in [0.25, 0.3) is 0 Å². The van der Waals surface area contributed by atoms with E-state index in [0.29, 0.717) is 5.57 Å². The van der Waals surface area contributed by atoms with Crippen molar-refractivity contribution < 1.29 is 9.53 Å². The van der Waals surface area contributed by atoms with E-state index in [9.17, 15) is 4.79 Å². The number of carbonyl (C=O) groups is 1. The molecule has 4 nitrogen and oxygen atoms in total. The van der Waals surface area contributed by atoms with Gasteiger partial charge < -0.3 is 4.74 Å². The molecule has 0 spiro atoms. The summed E-state index contributed by atoms with van der Waals surface area (Å²) in [5, 5.41) is 0. The molecule has 0 fully saturated rings. The normalized spacial score (nSPS) is 12.4. The molecular formula is C12H24N2O2. The molecular weight excluding hydrogens is 204 g/mol. The van der Waals surface area contributed by atoms with Crippen molar-refractivity contribution in [1.29, 1.82) is 0 Å². The smallest absolute Gasteiger partial charge is 0.333 e. The molecule has 0 rings (SSSR count). The minimum absolute atomic E-state index is 0.364. The lowest BCUT2D eigenvalue weighted by Crippen LogP contribution is -2.61. The highest BCUT2D eigenvalue weighted by Crippen LogP contribution is 2.25.